The average Bonchev–Trinajstić information content (AvgIpc) is 2.79. The smallest absolute Gasteiger partial charge is 0.335 e. The van der Waals surface area contributed by atoms with Gasteiger partial charge in [0.1, 0.15) is 0 Å². The zero-order valence-electron chi connectivity index (χ0n) is 16.4. The molecular weight excluding hydrogens is 469 g/mol. The molecular formula is C21H20AsNO8. The molecule has 0 radical (unpaired) electrons. The fourth-order valence-corrected chi connectivity index (χ4v) is 4.56. The number of carboxylic acid groups (broad SMARTS) is 1. The maximum atomic E-state index is 12.6. The average molecular weight is 489 g/mol. The number of aromatic carboxylic acids is 1. The molecule has 1 amide bonds. The number of hydrogen-bond acceptors (Lipinski definition) is 7. The molecule has 0 aliphatic carbocycles. The predicted molar refractivity (Wildman–Crippen MR) is 111 cm³/mol. The molecule has 162 valence electrons. The van der Waals surface area contributed by atoms with E-state index < -0.39 is 26.0 Å². The molecule has 0 aromatic heterocycles. The summed E-state index contributed by atoms with van der Waals surface area (Å²) in [6.07, 6.45) is 0. The summed E-state index contributed by atoms with van der Waals surface area (Å²) < 4.78 is 27.0. The number of nitrogens with one attached hydrogen (secondary N) is 1. The van der Waals surface area contributed by atoms with E-state index in [9.17, 15) is 13.3 Å². The summed E-state index contributed by atoms with van der Waals surface area (Å²) in [4.78, 5) is 21.1. The van der Waals surface area contributed by atoms with Crippen LogP contribution in [0.15, 0.2) is 84.9 Å². The Balaban J connectivity index is 0.000000316. The number of amides is 1. The standard InChI is InChI=1S/C14H14AsNO6.C7H6O2/c1-11(17)16-21-15(18,22-19)13-9-5-6-10-14(13)20-12-7-3-2-4-8-12;8-7(9)6-4-2-1-3-5-6/h2-10,19H,1H3,(H,16,17);1-5H,(H,8,9). The van der Waals surface area contributed by atoms with Gasteiger partial charge in [-0.05, 0) is 12.1 Å². The van der Waals surface area contributed by atoms with E-state index in [1.165, 1.54) is 13.0 Å². The van der Waals surface area contributed by atoms with Gasteiger partial charge in [0.15, 0.2) is 0 Å². The van der Waals surface area contributed by atoms with Crippen molar-refractivity contribution in [3.05, 3.63) is 90.5 Å². The summed E-state index contributed by atoms with van der Waals surface area (Å²) in [5.41, 5.74) is 2.24. The van der Waals surface area contributed by atoms with Crippen molar-refractivity contribution in [3.8, 4) is 11.5 Å². The first-order valence-electron chi connectivity index (χ1n) is 8.85. The number of carbonyl (C=O) groups excluding carboxylic acids is 1. The molecule has 0 bridgehead atoms. The second kappa shape index (κ2) is 11.7. The number of benzene rings is 3. The van der Waals surface area contributed by atoms with Gasteiger partial charge in [-0.1, -0.05) is 18.2 Å². The third-order valence-corrected chi connectivity index (χ3v) is 6.73. The van der Waals surface area contributed by atoms with Crippen molar-refractivity contribution in [3.63, 3.8) is 0 Å². The molecule has 3 rings (SSSR count). The van der Waals surface area contributed by atoms with Crippen LogP contribution in [0.2, 0.25) is 0 Å². The number of para-hydroxylation sites is 2. The first kappa shape index (κ1) is 23.9. The third kappa shape index (κ3) is 7.43. The second-order valence-corrected chi connectivity index (χ2v) is 9.71. The molecule has 0 saturated carbocycles. The van der Waals surface area contributed by atoms with Crippen molar-refractivity contribution in [1.82, 2.24) is 5.48 Å². The minimum atomic E-state index is -4.90. The predicted octanol–water partition coefficient (Wildman–Crippen LogP) is 3.00. The van der Waals surface area contributed by atoms with Gasteiger partial charge in [0.2, 0.25) is 0 Å². The fraction of sp³-hybridized carbons (Fsp3) is 0.0476. The fourth-order valence-electron chi connectivity index (χ4n) is 2.20. The van der Waals surface area contributed by atoms with Crippen LogP contribution in [0.25, 0.3) is 0 Å². The topological polar surface area (TPSA) is 131 Å². The van der Waals surface area contributed by atoms with Gasteiger partial charge < -0.3 is 5.11 Å². The quantitative estimate of drug-likeness (QED) is 0.262. The Hall–Kier alpha value is -3.36. The van der Waals surface area contributed by atoms with Crippen LogP contribution in [0.4, 0.5) is 0 Å². The Morgan fingerprint density at radius 1 is 0.871 bits per heavy atom. The van der Waals surface area contributed by atoms with Crippen LogP contribution >= 0.6 is 0 Å². The first-order valence-corrected chi connectivity index (χ1v) is 12.1. The first-order chi connectivity index (χ1) is 14.9. The Morgan fingerprint density at radius 3 is 1.94 bits per heavy atom. The van der Waals surface area contributed by atoms with Crippen molar-refractivity contribution < 1.29 is 36.1 Å². The maximum Gasteiger partial charge on any atom is 0.335 e. The van der Waals surface area contributed by atoms with Crippen LogP contribution in [0.1, 0.15) is 17.3 Å². The van der Waals surface area contributed by atoms with E-state index in [-0.39, 0.29) is 10.1 Å². The van der Waals surface area contributed by atoms with Crippen molar-refractivity contribution in [2.24, 2.45) is 0 Å². The van der Waals surface area contributed by atoms with Crippen molar-refractivity contribution in [2.45, 2.75) is 6.92 Å². The van der Waals surface area contributed by atoms with Gasteiger partial charge in [-0.15, -0.1) is 0 Å². The molecule has 3 aromatic carbocycles. The van der Waals surface area contributed by atoms with Crippen LogP contribution in [0.3, 0.4) is 0 Å². The van der Waals surface area contributed by atoms with Gasteiger partial charge in [0.05, 0.1) is 5.56 Å². The molecule has 0 heterocycles. The minimum absolute atomic E-state index is 0.0285. The van der Waals surface area contributed by atoms with E-state index in [1.807, 2.05) is 11.5 Å². The SMILES string of the molecule is CC(=O)NO[As](=O)(OO)c1ccccc1Oc1ccccc1.O=C(O)c1ccccc1. The maximum absolute atomic E-state index is 12.6. The van der Waals surface area contributed by atoms with Gasteiger partial charge in [0.25, 0.3) is 0 Å². The summed E-state index contributed by atoms with van der Waals surface area (Å²) >= 11 is -4.90. The largest absolute Gasteiger partial charge is 0.478 e. The van der Waals surface area contributed by atoms with Gasteiger partial charge in [-0.25, -0.2) is 4.79 Å². The molecule has 10 heteroatoms. The number of hydrogen-bond donors (Lipinski definition) is 3. The van der Waals surface area contributed by atoms with Crippen LogP contribution in [-0.2, 0) is 16.2 Å². The Bertz CT molecular complexity index is 1040. The van der Waals surface area contributed by atoms with Crippen molar-refractivity contribution in [1.29, 1.82) is 0 Å². The molecule has 3 N–H and O–H groups in total. The molecule has 0 fully saturated rings. The zero-order chi connectivity index (χ0) is 22.7. The molecule has 0 aliphatic rings. The van der Waals surface area contributed by atoms with E-state index in [1.54, 1.807) is 72.8 Å². The molecule has 9 nitrogen and oxygen atoms in total. The number of carbonyl (C=O) groups is 2. The number of hydroxylamine groups is 1. The summed E-state index contributed by atoms with van der Waals surface area (Å²) in [5, 5.41) is 17.4. The van der Waals surface area contributed by atoms with Crippen molar-refractivity contribution >= 4 is 30.4 Å². The van der Waals surface area contributed by atoms with Crippen LogP contribution < -0.4 is 14.6 Å². The third-order valence-electron chi connectivity index (χ3n) is 3.57. The number of ether oxygens (including phenoxy) is 1. The van der Waals surface area contributed by atoms with Gasteiger partial charge in [0, 0.05) is 0 Å². The Labute approximate surface area is 181 Å². The monoisotopic (exact) mass is 489 g/mol. The Kier molecular flexibility index (Phi) is 9.05. The molecule has 1 atom stereocenters. The molecule has 0 aliphatic heterocycles. The van der Waals surface area contributed by atoms with Crippen LogP contribution in [0, 0.1) is 0 Å². The number of rotatable bonds is 7. The summed E-state index contributed by atoms with van der Waals surface area (Å²) in [5.74, 6) is -0.763. The van der Waals surface area contributed by atoms with Gasteiger partial charge in [-0.3, -0.25) is 0 Å². The number of carboxylic acids is 1. The molecule has 3 aromatic rings. The van der Waals surface area contributed by atoms with E-state index in [0.29, 0.717) is 11.3 Å². The van der Waals surface area contributed by atoms with Crippen LogP contribution in [0.5, 0.6) is 11.5 Å². The van der Waals surface area contributed by atoms with Gasteiger partial charge >= 0.3 is 135 Å². The molecule has 0 saturated heterocycles. The second-order valence-electron chi connectivity index (χ2n) is 5.88. The van der Waals surface area contributed by atoms with E-state index >= 15 is 0 Å². The minimum Gasteiger partial charge on any atom is -0.478 e. The van der Waals surface area contributed by atoms with E-state index in [0.717, 1.165) is 0 Å². The zero-order valence-corrected chi connectivity index (χ0v) is 18.3. The molecule has 0 spiro atoms. The normalized spacial score (nSPS) is 11.9. The van der Waals surface area contributed by atoms with E-state index in [2.05, 4.69) is 3.88 Å². The van der Waals surface area contributed by atoms with Crippen LogP contribution in [-0.4, -0.2) is 36.4 Å². The van der Waals surface area contributed by atoms with Gasteiger partial charge in [-0.2, -0.15) is 0 Å². The Morgan fingerprint density at radius 2 is 1.42 bits per heavy atom. The summed E-state index contributed by atoms with van der Waals surface area (Å²) in [7, 11) is 0. The summed E-state index contributed by atoms with van der Waals surface area (Å²) in [6, 6.07) is 23.3. The molecule has 1 unspecified atom stereocenters. The molecule has 31 heavy (non-hydrogen) atoms. The van der Waals surface area contributed by atoms with Crippen molar-refractivity contribution in [2.75, 3.05) is 0 Å². The summed E-state index contributed by atoms with van der Waals surface area (Å²) in [6.45, 7) is 1.17. The van der Waals surface area contributed by atoms with E-state index in [4.69, 9.17) is 18.9 Å².